The fourth-order valence-corrected chi connectivity index (χ4v) is 2.05. The van der Waals surface area contributed by atoms with Gasteiger partial charge in [-0.2, -0.15) is 0 Å². The first-order valence-corrected chi connectivity index (χ1v) is 5.32. The Hall–Kier alpha value is -0.800. The van der Waals surface area contributed by atoms with Gasteiger partial charge in [0.25, 0.3) is 0 Å². The molecule has 1 aliphatic heterocycles. The summed E-state index contributed by atoms with van der Waals surface area (Å²) >= 11 is 0. The molecule has 1 atom stereocenters. The topological polar surface area (TPSA) is 28.4 Å². The lowest BCUT2D eigenvalue weighted by atomic mass is 10.1. The van der Waals surface area contributed by atoms with Crippen LogP contribution in [0, 0.1) is 0 Å². The number of nitrogens with one attached hydrogen (secondary N) is 1. The van der Waals surface area contributed by atoms with E-state index in [0.29, 0.717) is 12.1 Å². The van der Waals surface area contributed by atoms with Crippen molar-refractivity contribution in [2.75, 3.05) is 19.6 Å². The van der Waals surface area contributed by atoms with Crippen LogP contribution in [0.1, 0.15) is 25.6 Å². The summed E-state index contributed by atoms with van der Waals surface area (Å²) in [6, 6.07) is 5.08. The molecule has 1 N–H and O–H groups in total. The maximum absolute atomic E-state index is 5.43. The quantitative estimate of drug-likeness (QED) is 0.789. The number of rotatable bonds is 4. The van der Waals surface area contributed by atoms with Crippen LogP contribution in [0.5, 0.6) is 0 Å². The Bertz CT molecular complexity index is 267. The Balaban J connectivity index is 2.03. The Labute approximate surface area is 85.1 Å². The lowest BCUT2D eigenvalue weighted by Gasteiger charge is -2.40. The van der Waals surface area contributed by atoms with Crippen LogP contribution in [0.25, 0.3) is 0 Å². The van der Waals surface area contributed by atoms with Gasteiger partial charge in [-0.3, -0.25) is 4.90 Å². The van der Waals surface area contributed by atoms with Gasteiger partial charge in [-0.05, 0) is 25.6 Å². The molecule has 0 aromatic carbocycles. The standard InChI is InChI=1S/C11H18N2O/c1-3-13(10-7-12-8-10)9(2)11-5-4-6-14-11/h4-6,9-10,12H,3,7-8H2,1-2H3. The molecule has 1 fully saturated rings. The molecule has 14 heavy (non-hydrogen) atoms. The normalized spacial score (nSPS) is 19.6. The van der Waals surface area contributed by atoms with Gasteiger partial charge >= 0.3 is 0 Å². The van der Waals surface area contributed by atoms with E-state index in [4.69, 9.17) is 4.42 Å². The van der Waals surface area contributed by atoms with Crippen LogP contribution >= 0.6 is 0 Å². The molecule has 1 saturated heterocycles. The van der Waals surface area contributed by atoms with Gasteiger partial charge in [0.2, 0.25) is 0 Å². The summed E-state index contributed by atoms with van der Waals surface area (Å²) in [4.78, 5) is 2.48. The predicted octanol–water partition coefficient (Wildman–Crippen LogP) is 1.63. The number of furan rings is 1. The molecule has 0 bridgehead atoms. The molecular weight excluding hydrogens is 176 g/mol. The van der Waals surface area contributed by atoms with Crippen LogP contribution in [0.2, 0.25) is 0 Å². The van der Waals surface area contributed by atoms with Crippen molar-refractivity contribution in [3.05, 3.63) is 24.2 Å². The van der Waals surface area contributed by atoms with Gasteiger partial charge in [0.05, 0.1) is 12.3 Å². The van der Waals surface area contributed by atoms with Crippen LogP contribution in [-0.4, -0.2) is 30.6 Å². The molecule has 78 valence electrons. The van der Waals surface area contributed by atoms with Crippen molar-refractivity contribution in [1.82, 2.24) is 10.2 Å². The van der Waals surface area contributed by atoms with Gasteiger partial charge < -0.3 is 9.73 Å². The van der Waals surface area contributed by atoms with Gasteiger partial charge in [0, 0.05) is 19.1 Å². The minimum absolute atomic E-state index is 0.391. The molecule has 0 saturated carbocycles. The van der Waals surface area contributed by atoms with Crippen molar-refractivity contribution in [3.8, 4) is 0 Å². The molecule has 3 nitrogen and oxygen atoms in total. The van der Waals surface area contributed by atoms with Gasteiger partial charge in [0.1, 0.15) is 5.76 Å². The summed E-state index contributed by atoms with van der Waals surface area (Å²) in [7, 11) is 0. The maximum Gasteiger partial charge on any atom is 0.120 e. The van der Waals surface area contributed by atoms with E-state index in [9.17, 15) is 0 Å². The van der Waals surface area contributed by atoms with Crippen molar-refractivity contribution < 1.29 is 4.42 Å². The number of nitrogens with zero attached hydrogens (tertiary/aromatic N) is 1. The molecular formula is C11H18N2O. The van der Waals surface area contributed by atoms with Crippen molar-refractivity contribution in [1.29, 1.82) is 0 Å². The SMILES string of the molecule is CCN(C1CNC1)C(C)c1ccco1. The van der Waals surface area contributed by atoms with E-state index in [1.54, 1.807) is 6.26 Å². The highest BCUT2D eigenvalue weighted by Crippen LogP contribution is 2.23. The molecule has 0 spiro atoms. The van der Waals surface area contributed by atoms with Crippen molar-refractivity contribution in [2.45, 2.75) is 25.9 Å². The highest BCUT2D eigenvalue weighted by molar-refractivity contribution is 5.05. The summed E-state index contributed by atoms with van der Waals surface area (Å²) in [5.74, 6) is 1.07. The Morgan fingerprint density at radius 3 is 2.86 bits per heavy atom. The van der Waals surface area contributed by atoms with Gasteiger partial charge in [0.15, 0.2) is 0 Å². The second kappa shape index (κ2) is 4.15. The largest absolute Gasteiger partial charge is 0.468 e. The fraction of sp³-hybridized carbons (Fsp3) is 0.636. The van der Waals surface area contributed by atoms with Gasteiger partial charge in [-0.25, -0.2) is 0 Å². The monoisotopic (exact) mass is 194 g/mol. The number of hydrogen-bond acceptors (Lipinski definition) is 3. The van der Waals surface area contributed by atoms with Crippen LogP contribution in [0.4, 0.5) is 0 Å². The summed E-state index contributed by atoms with van der Waals surface area (Å²) in [5, 5.41) is 3.30. The first-order chi connectivity index (χ1) is 6.83. The second-order valence-electron chi connectivity index (χ2n) is 3.83. The third kappa shape index (κ3) is 1.70. The van der Waals surface area contributed by atoms with Crippen LogP contribution in [0.15, 0.2) is 22.8 Å². The molecule has 0 radical (unpaired) electrons. The first-order valence-electron chi connectivity index (χ1n) is 5.32. The fourth-order valence-electron chi connectivity index (χ4n) is 2.05. The molecule has 2 heterocycles. The summed E-state index contributed by atoms with van der Waals surface area (Å²) in [6.07, 6.45) is 1.75. The molecule has 0 aliphatic carbocycles. The zero-order valence-corrected chi connectivity index (χ0v) is 8.86. The maximum atomic E-state index is 5.43. The zero-order chi connectivity index (χ0) is 9.97. The predicted molar refractivity (Wildman–Crippen MR) is 56.2 cm³/mol. The third-order valence-corrected chi connectivity index (χ3v) is 3.05. The lowest BCUT2D eigenvalue weighted by molar-refractivity contribution is 0.0978. The smallest absolute Gasteiger partial charge is 0.120 e. The van der Waals surface area contributed by atoms with E-state index < -0.39 is 0 Å². The average molecular weight is 194 g/mol. The van der Waals surface area contributed by atoms with Gasteiger partial charge in [-0.1, -0.05) is 6.92 Å². The van der Waals surface area contributed by atoms with Gasteiger partial charge in [-0.15, -0.1) is 0 Å². The highest BCUT2D eigenvalue weighted by atomic mass is 16.3. The Kier molecular flexibility index (Phi) is 2.89. The van der Waals surface area contributed by atoms with E-state index in [1.165, 1.54) is 0 Å². The molecule has 1 unspecified atom stereocenters. The second-order valence-corrected chi connectivity index (χ2v) is 3.83. The molecule has 1 aromatic heterocycles. The van der Waals surface area contributed by atoms with Crippen LogP contribution in [0.3, 0.4) is 0 Å². The summed E-state index contributed by atoms with van der Waals surface area (Å²) in [5.41, 5.74) is 0. The Morgan fingerprint density at radius 2 is 2.43 bits per heavy atom. The van der Waals surface area contributed by atoms with Crippen LogP contribution < -0.4 is 5.32 Å². The molecule has 3 heteroatoms. The molecule has 0 amide bonds. The van der Waals surface area contributed by atoms with Crippen molar-refractivity contribution >= 4 is 0 Å². The summed E-state index contributed by atoms with van der Waals surface area (Å²) < 4.78 is 5.43. The average Bonchev–Trinajstić information content (AvgIpc) is 2.62. The minimum Gasteiger partial charge on any atom is -0.468 e. The molecule has 1 aromatic rings. The highest BCUT2D eigenvalue weighted by Gasteiger charge is 2.28. The molecule has 1 aliphatic rings. The van der Waals surface area contributed by atoms with E-state index >= 15 is 0 Å². The molecule has 2 rings (SSSR count). The van der Waals surface area contributed by atoms with E-state index in [2.05, 4.69) is 30.1 Å². The van der Waals surface area contributed by atoms with E-state index in [0.717, 1.165) is 25.4 Å². The third-order valence-electron chi connectivity index (χ3n) is 3.05. The van der Waals surface area contributed by atoms with Crippen molar-refractivity contribution in [2.24, 2.45) is 0 Å². The van der Waals surface area contributed by atoms with E-state index in [-0.39, 0.29) is 0 Å². The number of hydrogen-bond donors (Lipinski definition) is 1. The summed E-state index contributed by atoms with van der Waals surface area (Å²) in [6.45, 7) is 7.71. The minimum atomic E-state index is 0.391. The lowest BCUT2D eigenvalue weighted by Crippen LogP contribution is -2.57. The van der Waals surface area contributed by atoms with Crippen LogP contribution in [-0.2, 0) is 0 Å². The Morgan fingerprint density at radius 1 is 1.64 bits per heavy atom. The number of likely N-dealkylation sites (N-methyl/N-ethyl adjacent to an activating group) is 1. The van der Waals surface area contributed by atoms with Crippen molar-refractivity contribution in [3.63, 3.8) is 0 Å². The first kappa shape index (κ1) is 9.74. The zero-order valence-electron chi connectivity index (χ0n) is 8.86. The van der Waals surface area contributed by atoms with E-state index in [1.807, 2.05) is 6.07 Å².